The van der Waals surface area contributed by atoms with Gasteiger partial charge >= 0.3 is 0 Å². The van der Waals surface area contributed by atoms with E-state index in [4.69, 9.17) is 23.2 Å². The van der Waals surface area contributed by atoms with Gasteiger partial charge in [-0.25, -0.2) is 0 Å². The Balaban J connectivity index is 2.00. The maximum atomic E-state index is 6.17. The quantitative estimate of drug-likeness (QED) is 0.779. The molecule has 1 fully saturated rings. The molecule has 0 bridgehead atoms. The first-order valence-electron chi connectivity index (χ1n) is 6.40. The predicted octanol–water partition coefficient (Wildman–Crippen LogP) is 5.37. The number of rotatable bonds is 3. The van der Waals surface area contributed by atoms with E-state index in [-0.39, 0.29) is 0 Å². The lowest BCUT2D eigenvalue weighted by Gasteiger charge is -2.30. The summed E-state index contributed by atoms with van der Waals surface area (Å²) in [5, 5.41) is 4.96. The molecule has 17 heavy (non-hydrogen) atoms. The van der Waals surface area contributed by atoms with Crippen LogP contribution in [0.25, 0.3) is 0 Å². The molecule has 3 heteroatoms. The lowest BCUT2D eigenvalue weighted by molar-refractivity contribution is 0.327. The fourth-order valence-corrected chi connectivity index (χ4v) is 3.08. The topological polar surface area (TPSA) is 12.0 Å². The first kappa shape index (κ1) is 13.0. The normalized spacial score (nSPS) is 24.6. The number of anilines is 1. The molecule has 1 aromatic carbocycles. The van der Waals surface area contributed by atoms with Crippen LogP contribution in [-0.2, 0) is 0 Å². The summed E-state index contributed by atoms with van der Waals surface area (Å²) in [5.74, 6) is 0.868. The Labute approximate surface area is 114 Å². The predicted molar refractivity (Wildman–Crippen MR) is 76.1 cm³/mol. The minimum atomic E-state index is 0.562. The average molecular weight is 272 g/mol. The van der Waals surface area contributed by atoms with Crippen molar-refractivity contribution in [1.82, 2.24) is 0 Å². The van der Waals surface area contributed by atoms with Crippen molar-refractivity contribution in [2.24, 2.45) is 5.92 Å². The smallest absolute Gasteiger partial charge is 0.0652 e. The molecule has 0 spiro atoms. The Morgan fingerprint density at radius 1 is 1.29 bits per heavy atom. The molecular weight excluding hydrogens is 253 g/mol. The number of nitrogens with one attached hydrogen (secondary N) is 1. The minimum Gasteiger partial charge on any atom is -0.381 e. The van der Waals surface area contributed by atoms with Gasteiger partial charge < -0.3 is 5.32 Å². The minimum absolute atomic E-state index is 0.562. The number of benzene rings is 1. The molecule has 1 aliphatic rings. The summed E-state index contributed by atoms with van der Waals surface area (Å²) in [5.41, 5.74) is 1.01. The van der Waals surface area contributed by atoms with E-state index in [2.05, 4.69) is 12.2 Å². The van der Waals surface area contributed by atoms with Gasteiger partial charge in [-0.2, -0.15) is 0 Å². The third kappa shape index (κ3) is 3.53. The van der Waals surface area contributed by atoms with E-state index in [1.807, 2.05) is 12.1 Å². The lowest BCUT2D eigenvalue weighted by Crippen LogP contribution is -2.27. The Morgan fingerprint density at radius 3 is 2.82 bits per heavy atom. The van der Waals surface area contributed by atoms with E-state index in [0.717, 1.165) is 16.6 Å². The number of hydrogen-bond acceptors (Lipinski definition) is 1. The second kappa shape index (κ2) is 5.97. The molecule has 0 saturated heterocycles. The summed E-state index contributed by atoms with van der Waals surface area (Å²) in [6.07, 6.45) is 6.49. The monoisotopic (exact) mass is 271 g/mol. The Morgan fingerprint density at radius 2 is 2.12 bits per heavy atom. The van der Waals surface area contributed by atoms with Crippen LogP contribution in [0.4, 0.5) is 5.69 Å². The third-order valence-corrected chi connectivity index (χ3v) is 4.20. The standard InChI is InChI=1S/C14H19Cl2N/c1-2-10-4-3-5-12(8-10)17-14-7-6-11(15)9-13(14)16/h6-7,9-10,12,17H,2-5,8H2,1H3. The van der Waals surface area contributed by atoms with E-state index in [1.165, 1.54) is 32.1 Å². The molecule has 1 aromatic rings. The van der Waals surface area contributed by atoms with E-state index in [1.54, 1.807) is 6.07 Å². The molecule has 1 saturated carbocycles. The fraction of sp³-hybridized carbons (Fsp3) is 0.571. The van der Waals surface area contributed by atoms with Gasteiger partial charge in [-0.15, -0.1) is 0 Å². The molecule has 0 aromatic heterocycles. The SMILES string of the molecule is CCC1CCCC(Nc2ccc(Cl)cc2Cl)C1. The van der Waals surface area contributed by atoms with Crippen LogP contribution in [0, 0.1) is 5.92 Å². The molecule has 0 amide bonds. The maximum absolute atomic E-state index is 6.17. The van der Waals surface area contributed by atoms with Crippen LogP contribution in [0.15, 0.2) is 18.2 Å². The summed E-state index contributed by atoms with van der Waals surface area (Å²) in [4.78, 5) is 0. The summed E-state index contributed by atoms with van der Waals surface area (Å²) >= 11 is 12.1. The molecule has 94 valence electrons. The summed E-state index contributed by atoms with van der Waals surface area (Å²) in [6.45, 7) is 2.28. The second-order valence-corrected chi connectivity index (χ2v) is 5.75. The molecule has 0 radical (unpaired) electrons. The van der Waals surface area contributed by atoms with Crippen LogP contribution in [-0.4, -0.2) is 6.04 Å². The van der Waals surface area contributed by atoms with Crippen molar-refractivity contribution in [3.63, 3.8) is 0 Å². The lowest BCUT2D eigenvalue weighted by atomic mass is 9.84. The first-order chi connectivity index (χ1) is 8.19. The van der Waals surface area contributed by atoms with Crippen LogP contribution >= 0.6 is 23.2 Å². The Kier molecular flexibility index (Phi) is 4.58. The van der Waals surface area contributed by atoms with E-state index < -0.39 is 0 Å². The highest BCUT2D eigenvalue weighted by molar-refractivity contribution is 6.36. The van der Waals surface area contributed by atoms with Gasteiger partial charge in [0.1, 0.15) is 0 Å². The van der Waals surface area contributed by atoms with Gasteiger partial charge in [0.2, 0.25) is 0 Å². The van der Waals surface area contributed by atoms with Gasteiger partial charge in [0.15, 0.2) is 0 Å². The van der Waals surface area contributed by atoms with Crippen LogP contribution < -0.4 is 5.32 Å². The highest BCUT2D eigenvalue weighted by Crippen LogP contribution is 2.31. The summed E-state index contributed by atoms with van der Waals surface area (Å²) in [6, 6.07) is 6.22. The average Bonchev–Trinajstić information content (AvgIpc) is 2.33. The van der Waals surface area contributed by atoms with Crippen molar-refractivity contribution in [3.05, 3.63) is 28.2 Å². The summed E-state index contributed by atoms with van der Waals surface area (Å²) in [7, 11) is 0. The Bertz CT molecular complexity index is 378. The molecule has 1 N–H and O–H groups in total. The molecule has 0 heterocycles. The zero-order valence-corrected chi connectivity index (χ0v) is 11.7. The van der Waals surface area contributed by atoms with Gasteiger partial charge in [-0.1, -0.05) is 49.4 Å². The van der Waals surface area contributed by atoms with Crippen molar-refractivity contribution < 1.29 is 0 Å². The maximum Gasteiger partial charge on any atom is 0.0652 e. The molecule has 2 rings (SSSR count). The molecular formula is C14H19Cl2N. The van der Waals surface area contributed by atoms with Gasteiger partial charge in [-0.3, -0.25) is 0 Å². The van der Waals surface area contributed by atoms with Crippen molar-refractivity contribution in [1.29, 1.82) is 0 Å². The van der Waals surface area contributed by atoms with Crippen molar-refractivity contribution in [3.8, 4) is 0 Å². The fourth-order valence-electron chi connectivity index (χ4n) is 2.62. The molecule has 2 unspecified atom stereocenters. The van der Waals surface area contributed by atoms with Gasteiger partial charge in [0.25, 0.3) is 0 Å². The van der Waals surface area contributed by atoms with Gasteiger partial charge in [0.05, 0.1) is 10.7 Å². The van der Waals surface area contributed by atoms with Crippen LogP contribution in [0.3, 0.4) is 0 Å². The molecule has 1 aliphatic carbocycles. The van der Waals surface area contributed by atoms with Gasteiger partial charge in [-0.05, 0) is 37.0 Å². The van der Waals surface area contributed by atoms with Crippen LogP contribution in [0.2, 0.25) is 10.0 Å². The van der Waals surface area contributed by atoms with Crippen molar-refractivity contribution in [2.75, 3.05) is 5.32 Å². The highest BCUT2D eigenvalue weighted by atomic mass is 35.5. The molecule has 0 aliphatic heterocycles. The zero-order chi connectivity index (χ0) is 12.3. The van der Waals surface area contributed by atoms with E-state index in [9.17, 15) is 0 Å². The molecule has 2 atom stereocenters. The first-order valence-corrected chi connectivity index (χ1v) is 7.16. The third-order valence-electron chi connectivity index (χ3n) is 3.65. The van der Waals surface area contributed by atoms with Crippen molar-refractivity contribution >= 4 is 28.9 Å². The van der Waals surface area contributed by atoms with E-state index >= 15 is 0 Å². The largest absolute Gasteiger partial charge is 0.381 e. The molecule has 1 nitrogen and oxygen atoms in total. The Hall–Kier alpha value is -0.400. The number of halogens is 2. The van der Waals surface area contributed by atoms with Gasteiger partial charge in [0, 0.05) is 11.1 Å². The highest BCUT2D eigenvalue weighted by Gasteiger charge is 2.20. The van der Waals surface area contributed by atoms with Crippen LogP contribution in [0.1, 0.15) is 39.0 Å². The second-order valence-electron chi connectivity index (χ2n) is 4.91. The number of hydrogen-bond donors (Lipinski definition) is 1. The van der Waals surface area contributed by atoms with Crippen LogP contribution in [0.5, 0.6) is 0 Å². The zero-order valence-electron chi connectivity index (χ0n) is 10.2. The summed E-state index contributed by atoms with van der Waals surface area (Å²) < 4.78 is 0. The van der Waals surface area contributed by atoms with Crippen molar-refractivity contribution in [2.45, 2.75) is 45.1 Å². The van der Waals surface area contributed by atoms with E-state index in [0.29, 0.717) is 11.1 Å².